The summed E-state index contributed by atoms with van der Waals surface area (Å²) in [5, 5.41) is 8.28. The van der Waals surface area contributed by atoms with E-state index in [0.29, 0.717) is 12.0 Å². The van der Waals surface area contributed by atoms with Gasteiger partial charge in [0, 0.05) is 45.2 Å². The second-order valence-electron chi connectivity index (χ2n) is 6.53. The number of guanidine groups is 1. The van der Waals surface area contributed by atoms with Crippen LogP contribution in [0.1, 0.15) is 28.9 Å². The summed E-state index contributed by atoms with van der Waals surface area (Å²) in [6.07, 6.45) is 3.22. The predicted octanol–water partition coefficient (Wildman–Crippen LogP) is 1.56. The lowest BCUT2D eigenvalue weighted by molar-refractivity contribution is 0.0957. The summed E-state index contributed by atoms with van der Waals surface area (Å²) in [7, 11) is 1.83. The Morgan fingerprint density at radius 3 is 3.00 bits per heavy atom. The molecule has 1 spiro atoms. The normalized spacial score (nSPS) is 23.9. The summed E-state index contributed by atoms with van der Waals surface area (Å²) >= 11 is 1.47. The minimum Gasteiger partial charge on any atom is -0.381 e. The fourth-order valence-electron chi connectivity index (χ4n) is 3.40. The molecule has 7 heteroatoms. The van der Waals surface area contributed by atoms with Crippen LogP contribution in [-0.2, 0) is 4.74 Å². The molecule has 2 N–H and O–H groups in total. The molecule has 2 aliphatic rings. The SMILES string of the molecule is CN=C(NCCCNC(=O)c1cccs1)N1CCC2(CCOC2)C1. The lowest BCUT2D eigenvalue weighted by atomic mass is 9.87. The molecule has 6 nitrogen and oxygen atoms in total. The van der Waals surface area contributed by atoms with Crippen molar-refractivity contribution in [2.75, 3.05) is 46.4 Å². The predicted molar refractivity (Wildman–Crippen MR) is 96.7 cm³/mol. The molecule has 3 heterocycles. The first-order valence-electron chi connectivity index (χ1n) is 8.57. The summed E-state index contributed by atoms with van der Waals surface area (Å²) in [6.45, 7) is 5.31. The Morgan fingerprint density at radius 1 is 1.42 bits per heavy atom. The van der Waals surface area contributed by atoms with E-state index in [-0.39, 0.29) is 5.91 Å². The van der Waals surface area contributed by atoms with Crippen LogP contribution < -0.4 is 10.6 Å². The van der Waals surface area contributed by atoms with Gasteiger partial charge in [-0.2, -0.15) is 0 Å². The summed E-state index contributed by atoms with van der Waals surface area (Å²) < 4.78 is 5.58. The van der Waals surface area contributed by atoms with E-state index in [4.69, 9.17) is 4.74 Å². The van der Waals surface area contributed by atoms with Gasteiger partial charge in [-0.25, -0.2) is 0 Å². The molecule has 2 saturated heterocycles. The van der Waals surface area contributed by atoms with Crippen molar-refractivity contribution >= 4 is 23.2 Å². The standard InChI is InChI=1S/C17H26N4O2S/c1-18-16(21-9-5-17(12-21)6-10-23-13-17)20-8-3-7-19-15(22)14-4-2-11-24-14/h2,4,11H,3,5-10,12-13H2,1H3,(H,18,20)(H,19,22). The number of thiophene rings is 1. The largest absolute Gasteiger partial charge is 0.381 e. The third-order valence-electron chi connectivity index (χ3n) is 4.80. The molecule has 1 aromatic rings. The van der Waals surface area contributed by atoms with Crippen molar-refractivity contribution in [3.8, 4) is 0 Å². The Morgan fingerprint density at radius 2 is 2.29 bits per heavy atom. The molecular weight excluding hydrogens is 324 g/mol. The van der Waals surface area contributed by atoms with Gasteiger partial charge in [-0.05, 0) is 30.7 Å². The van der Waals surface area contributed by atoms with Crippen molar-refractivity contribution in [1.82, 2.24) is 15.5 Å². The first-order chi connectivity index (χ1) is 11.7. The molecule has 1 unspecified atom stereocenters. The molecule has 132 valence electrons. The van der Waals surface area contributed by atoms with E-state index < -0.39 is 0 Å². The van der Waals surface area contributed by atoms with Crippen LogP contribution in [0.2, 0.25) is 0 Å². The molecule has 24 heavy (non-hydrogen) atoms. The zero-order chi connectivity index (χ0) is 16.8. The van der Waals surface area contributed by atoms with Gasteiger partial charge in [0.15, 0.2) is 5.96 Å². The maximum absolute atomic E-state index is 11.8. The first kappa shape index (κ1) is 17.2. The minimum atomic E-state index is 0.0112. The average Bonchev–Trinajstić information content (AvgIpc) is 3.34. The number of nitrogens with one attached hydrogen (secondary N) is 2. The number of rotatable bonds is 5. The molecule has 1 aromatic heterocycles. The molecule has 0 aliphatic carbocycles. The van der Waals surface area contributed by atoms with Gasteiger partial charge in [0.05, 0.1) is 11.5 Å². The number of amides is 1. The third-order valence-corrected chi connectivity index (χ3v) is 5.67. The van der Waals surface area contributed by atoms with E-state index in [2.05, 4.69) is 20.5 Å². The first-order valence-corrected chi connectivity index (χ1v) is 9.45. The number of nitrogens with zero attached hydrogens (tertiary/aromatic N) is 2. The average molecular weight is 350 g/mol. The van der Waals surface area contributed by atoms with E-state index in [1.54, 1.807) is 0 Å². The summed E-state index contributed by atoms with van der Waals surface area (Å²) in [4.78, 5) is 19.3. The number of hydrogen-bond acceptors (Lipinski definition) is 4. The van der Waals surface area contributed by atoms with Crippen molar-refractivity contribution in [3.05, 3.63) is 22.4 Å². The highest BCUT2D eigenvalue weighted by molar-refractivity contribution is 7.12. The Kier molecular flexibility index (Phi) is 5.73. The number of carbonyl (C=O) groups excluding carboxylic acids is 1. The molecule has 1 atom stereocenters. The quantitative estimate of drug-likeness (QED) is 0.480. The Balaban J connectivity index is 1.35. The molecule has 2 aliphatic heterocycles. The summed E-state index contributed by atoms with van der Waals surface area (Å²) in [5.41, 5.74) is 0.340. The Hall–Kier alpha value is -1.60. The second-order valence-corrected chi connectivity index (χ2v) is 7.48. The lowest BCUT2D eigenvalue weighted by Gasteiger charge is -2.24. The minimum absolute atomic E-state index is 0.0112. The van der Waals surface area contributed by atoms with Crippen LogP contribution in [-0.4, -0.2) is 63.2 Å². The maximum Gasteiger partial charge on any atom is 0.261 e. The van der Waals surface area contributed by atoms with Gasteiger partial charge in [0.25, 0.3) is 5.91 Å². The Labute approximate surface area is 147 Å². The van der Waals surface area contributed by atoms with E-state index in [1.807, 2.05) is 24.6 Å². The topological polar surface area (TPSA) is 66.0 Å². The van der Waals surface area contributed by atoms with Crippen molar-refractivity contribution in [1.29, 1.82) is 0 Å². The fourth-order valence-corrected chi connectivity index (χ4v) is 4.05. The maximum atomic E-state index is 11.8. The van der Waals surface area contributed by atoms with Crippen LogP contribution in [0.15, 0.2) is 22.5 Å². The number of carbonyl (C=O) groups is 1. The molecule has 0 bridgehead atoms. The smallest absolute Gasteiger partial charge is 0.261 e. The lowest BCUT2D eigenvalue weighted by Crippen LogP contribution is -2.42. The van der Waals surface area contributed by atoms with Crippen LogP contribution in [0.5, 0.6) is 0 Å². The van der Waals surface area contributed by atoms with E-state index in [9.17, 15) is 4.79 Å². The van der Waals surface area contributed by atoms with Gasteiger partial charge in [0.1, 0.15) is 0 Å². The van der Waals surface area contributed by atoms with Crippen LogP contribution in [0, 0.1) is 5.41 Å². The zero-order valence-corrected chi connectivity index (χ0v) is 15.0. The summed E-state index contributed by atoms with van der Waals surface area (Å²) in [5.74, 6) is 0.973. The Bertz CT molecular complexity index is 567. The van der Waals surface area contributed by atoms with Gasteiger partial charge in [-0.1, -0.05) is 6.07 Å². The van der Waals surface area contributed by atoms with Crippen LogP contribution in [0.3, 0.4) is 0 Å². The van der Waals surface area contributed by atoms with Gasteiger partial charge in [0.2, 0.25) is 0 Å². The van der Waals surface area contributed by atoms with Gasteiger partial charge in [-0.3, -0.25) is 9.79 Å². The molecule has 0 saturated carbocycles. The van der Waals surface area contributed by atoms with Crippen LogP contribution in [0.25, 0.3) is 0 Å². The highest BCUT2D eigenvalue weighted by Crippen LogP contribution is 2.38. The molecule has 0 radical (unpaired) electrons. The highest BCUT2D eigenvalue weighted by atomic mass is 32.1. The van der Waals surface area contributed by atoms with E-state index >= 15 is 0 Å². The molecular formula is C17H26N4O2S. The number of likely N-dealkylation sites (tertiary alicyclic amines) is 1. The molecule has 2 fully saturated rings. The van der Waals surface area contributed by atoms with Crippen molar-refractivity contribution < 1.29 is 9.53 Å². The monoisotopic (exact) mass is 350 g/mol. The van der Waals surface area contributed by atoms with Crippen molar-refractivity contribution in [2.24, 2.45) is 10.4 Å². The molecule has 1 amide bonds. The van der Waals surface area contributed by atoms with Crippen molar-refractivity contribution in [2.45, 2.75) is 19.3 Å². The highest BCUT2D eigenvalue weighted by Gasteiger charge is 2.42. The van der Waals surface area contributed by atoms with Gasteiger partial charge >= 0.3 is 0 Å². The van der Waals surface area contributed by atoms with E-state index in [1.165, 1.54) is 17.8 Å². The van der Waals surface area contributed by atoms with Gasteiger partial charge in [-0.15, -0.1) is 11.3 Å². The summed E-state index contributed by atoms with van der Waals surface area (Å²) in [6, 6.07) is 3.74. The van der Waals surface area contributed by atoms with Gasteiger partial charge < -0.3 is 20.3 Å². The van der Waals surface area contributed by atoms with E-state index in [0.717, 1.165) is 56.5 Å². The number of ether oxygens (including phenoxy) is 1. The zero-order valence-electron chi connectivity index (χ0n) is 14.2. The number of hydrogen-bond donors (Lipinski definition) is 2. The van der Waals surface area contributed by atoms with Crippen LogP contribution >= 0.6 is 11.3 Å². The molecule has 0 aromatic carbocycles. The number of aliphatic imine (C=N–C) groups is 1. The van der Waals surface area contributed by atoms with Crippen molar-refractivity contribution in [3.63, 3.8) is 0 Å². The second kappa shape index (κ2) is 7.98. The molecule has 3 rings (SSSR count). The third kappa shape index (κ3) is 4.08. The van der Waals surface area contributed by atoms with Crippen LogP contribution in [0.4, 0.5) is 0 Å². The fraction of sp³-hybridized carbons (Fsp3) is 0.647.